The second-order valence-electron chi connectivity index (χ2n) is 7.53. The quantitative estimate of drug-likeness (QED) is 0.419. The first-order valence-electron chi connectivity index (χ1n) is 10.1. The van der Waals surface area contributed by atoms with Gasteiger partial charge in [0.25, 0.3) is 5.56 Å². The Balaban J connectivity index is 1.69. The molecule has 0 fully saturated rings. The molecule has 148 valence electrons. The minimum Gasteiger partial charge on any atom is -0.307 e. The molecule has 5 rings (SSSR count). The van der Waals surface area contributed by atoms with Gasteiger partial charge in [-0.05, 0) is 42.3 Å². The zero-order valence-electron chi connectivity index (χ0n) is 16.9. The molecule has 0 atom stereocenters. The standard InChI is InChI=1S/C25H21N3O2/c1-3-20-16(2)27(25-26-21-10-6-7-11-22(21)28(25)24(20)30)15-23(29)19-13-12-17-8-4-5-9-18(17)14-19/h4-14H,3,15H2,1-2H3. The van der Waals surface area contributed by atoms with Gasteiger partial charge in [-0.3, -0.25) is 9.59 Å². The Hall–Kier alpha value is -3.73. The van der Waals surface area contributed by atoms with E-state index in [0.717, 1.165) is 27.5 Å². The fourth-order valence-corrected chi connectivity index (χ4v) is 4.19. The number of rotatable bonds is 4. The lowest BCUT2D eigenvalue weighted by Gasteiger charge is -2.15. The van der Waals surface area contributed by atoms with Gasteiger partial charge in [0.2, 0.25) is 5.78 Å². The van der Waals surface area contributed by atoms with Gasteiger partial charge in [-0.1, -0.05) is 55.5 Å². The van der Waals surface area contributed by atoms with Gasteiger partial charge < -0.3 is 4.57 Å². The van der Waals surface area contributed by atoms with E-state index in [9.17, 15) is 9.59 Å². The molecule has 5 aromatic rings. The molecule has 0 radical (unpaired) electrons. The number of Topliss-reactive ketones (excluding diaryl/α,β-unsaturated/α-hetero) is 1. The highest BCUT2D eigenvalue weighted by molar-refractivity contribution is 6.00. The molecule has 0 bridgehead atoms. The number of ketones is 1. The molecule has 3 aromatic carbocycles. The predicted octanol–water partition coefficient (Wildman–Crippen LogP) is 4.56. The number of aromatic nitrogens is 3. The number of nitrogens with zero attached hydrogens (tertiary/aromatic N) is 3. The summed E-state index contributed by atoms with van der Waals surface area (Å²) in [5.41, 5.74) is 3.59. The van der Waals surface area contributed by atoms with E-state index in [1.54, 1.807) is 4.40 Å². The van der Waals surface area contributed by atoms with Crippen LogP contribution in [0.2, 0.25) is 0 Å². The average Bonchev–Trinajstić information content (AvgIpc) is 3.16. The summed E-state index contributed by atoms with van der Waals surface area (Å²) >= 11 is 0. The van der Waals surface area contributed by atoms with Crippen molar-refractivity contribution in [3.05, 3.63) is 93.9 Å². The third-order valence-corrected chi connectivity index (χ3v) is 5.81. The molecule has 0 aliphatic rings. The van der Waals surface area contributed by atoms with Crippen molar-refractivity contribution in [3.63, 3.8) is 0 Å². The minimum atomic E-state index is -0.0619. The molecule has 0 unspecified atom stereocenters. The molecular formula is C25H21N3O2. The lowest BCUT2D eigenvalue weighted by atomic mass is 10.0. The summed E-state index contributed by atoms with van der Waals surface area (Å²) in [5, 5.41) is 2.13. The molecule has 30 heavy (non-hydrogen) atoms. The van der Waals surface area contributed by atoms with Crippen molar-refractivity contribution in [3.8, 4) is 0 Å². The van der Waals surface area contributed by atoms with Crippen LogP contribution in [0.3, 0.4) is 0 Å². The van der Waals surface area contributed by atoms with E-state index in [1.807, 2.05) is 85.1 Å². The van der Waals surface area contributed by atoms with Crippen LogP contribution in [0.1, 0.15) is 28.5 Å². The summed E-state index contributed by atoms with van der Waals surface area (Å²) in [6.07, 6.45) is 0.595. The van der Waals surface area contributed by atoms with Crippen LogP contribution in [-0.2, 0) is 13.0 Å². The van der Waals surface area contributed by atoms with Crippen molar-refractivity contribution in [2.75, 3.05) is 0 Å². The first-order chi connectivity index (χ1) is 14.6. The summed E-state index contributed by atoms with van der Waals surface area (Å²) in [6, 6.07) is 21.3. The molecule has 2 aromatic heterocycles. The number of benzene rings is 3. The topological polar surface area (TPSA) is 56.4 Å². The number of carbonyl (C=O) groups is 1. The summed E-state index contributed by atoms with van der Waals surface area (Å²) < 4.78 is 3.51. The van der Waals surface area contributed by atoms with Crippen molar-refractivity contribution < 1.29 is 4.79 Å². The van der Waals surface area contributed by atoms with Crippen molar-refractivity contribution in [2.45, 2.75) is 26.8 Å². The van der Waals surface area contributed by atoms with E-state index >= 15 is 0 Å². The summed E-state index contributed by atoms with van der Waals surface area (Å²) in [6.45, 7) is 3.99. The minimum absolute atomic E-state index is 0.0106. The zero-order valence-corrected chi connectivity index (χ0v) is 16.9. The monoisotopic (exact) mass is 395 g/mol. The smallest absolute Gasteiger partial charge is 0.262 e. The maximum absolute atomic E-state index is 13.2. The average molecular weight is 395 g/mol. The largest absolute Gasteiger partial charge is 0.307 e. The van der Waals surface area contributed by atoms with Crippen molar-refractivity contribution in [2.24, 2.45) is 0 Å². The van der Waals surface area contributed by atoms with E-state index in [4.69, 9.17) is 0 Å². The Bertz CT molecular complexity index is 1510. The number of para-hydroxylation sites is 2. The molecular weight excluding hydrogens is 374 g/mol. The maximum Gasteiger partial charge on any atom is 0.262 e. The second-order valence-corrected chi connectivity index (χ2v) is 7.53. The molecule has 0 saturated heterocycles. The molecule has 0 N–H and O–H groups in total. The van der Waals surface area contributed by atoms with Gasteiger partial charge in [-0.25, -0.2) is 9.38 Å². The molecule has 0 saturated carbocycles. The highest BCUT2D eigenvalue weighted by Crippen LogP contribution is 2.20. The van der Waals surface area contributed by atoms with E-state index in [-0.39, 0.29) is 17.9 Å². The fourth-order valence-electron chi connectivity index (χ4n) is 4.19. The highest BCUT2D eigenvalue weighted by Gasteiger charge is 2.19. The molecule has 0 amide bonds. The van der Waals surface area contributed by atoms with Gasteiger partial charge in [0.15, 0.2) is 5.78 Å². The van der Waals surface area contributed by atoms with Crippen LogP contribution in [0.15, 0.2) is 71.5 Å². The fraction of sp³-hybridized carbons (Fsp3) is 0.160. The molecule has 5 nitrogen and oxygen atoms in total. The first-order valence-corrected chi connectivity index (χ1v) is 10.1. The Morgan fingerprint density at radius 1 is 0.967 bits per heavy atom. The van der Waals surface area contributed by atoms with Crippen LogP contribution in [0.5, 0.6) is 0 Å². The van der Waals surface area contributed by atoms with E-state index in [0.29, 0.717) is 23.3 Å². The van der Waals surface area contributed by atoms with Crippen LogP contribution < -0.4 is 5.56 Å². The first kappa shape index (κ1) is 18.3. The third kappa shape index (κ3) is 2.74. The van der Waals surface area contributed by atoms with E-state index < -0.39 is 0 Å². The number of hydrogen-bond acceptors (Lipinski definition) is 3. The summed E-state index contributed by atoms with van der Waals surface area (Å²) in [7, 11) is 0. The van der Waals surface area contributed by atoms with Crippen molar-refractivity contribution in [1.82, 2.24) is 14.0 Å². The van der Waals surface area contributed by atoms with Crippen LogP contribution in [-0.4, -0.2) is 19.7 Å². The SMILES string of the molecule is CCc1c(C)n(CC(=O)c2ccc3ccccc3c2)c2nc3ccccc3n2c1=O. The molecule has 0 aliphatic heterocycles. The molecule has 2 heterocycles. The Kier molecular flexibility index (Phi) is 4.24. The lowest BCUT2D eigenvalue weighted by Crippen LogP contribution is -2.26. The number of carbonyl (C=O) groups excluding carboxylic acids is 1. The van der Waals surface area contributed by atoms with Gasteiger partial charge >= 0.3 is 0 Å². The van der Waals surface area contributed by atoms with E-state index in [1.165, 1.54) is 0 Å². The van der Waals surface area contributed by atoms with Gasteiger partial charge in [0.05, 0.1) is 17.6 Å². The van der Waals surface area contributed by atoms with Gasteiger partial charge in [-0.2, -0.15) is 0 Å². The highest BCUT2D eigenvalue weighted by atomic mass is 16.1. The van der Waals surface area contributed by atoms with Gasteiger partial charge in [0, 0.05) is 16.8 Å². The van der Waals surface area contributed by atoms with Crippen LogP contribution in [0.4, 0.5) is 0 Å². The Morgan fingerprint density at radius 2 is 1.70 bits per heavy atom. The molecule has 0 spiro atoms. The van der Waals surface area contributed by atoms with Crippen LogP contribution >= 0.6 is 0 Å². The third-order valence-electron chi connectivity index (χ3n) is 5.81. The molecule has 5 heteroatoms. The normalized spacial score (nSPS) is 11.5. The predicted molar refractivity (Wildman–Crippen MR) is 119 cm³/mol. The number of hydrogen-bond donors (Lipinski definition) is 0. The Labute approximate surface area is 173 Å². The summed E-state index contributed by atoms with van der Waals surface area (Å²) in [4.78, 5) is 31.0. The second kappa shape index (κ2) is 6.95. The van der Waals surface area contributed by atoms with Gasteiger partial charge in [-0.15, -0.1) is 0 Å². The molecule has 0 aliphatic carbocycles. The van der Waals surface area contributed by atoms with Crippen LogP contribution in [0, 0.1) is 6.92 Å². The van der Waals surface area contributed by atoms with Crippen molar-refractivity contribution in [1.29, 1.82) is 0 Å². The maximum atomic E-state index is 13.2. The van der Waals surface area contributed by atoms with E-state index in [2.05, 4.69) is 4.98 Å². The number of fused-ring (bicyclic) bond motifs is 4. The number of imidazole rings is 1. The van der Waals surface area contributed by atoms with Gasteiger partial charge in [0.1, 0.15) is 0 Å². The Morgan fingerprint density at radius 3 is 2.50 bits per heavy atom. The summed E-state index contributed by atoms with van der Waals surface area (Å²) in [5.74, 6) is 0.494. The van der Waals surface area contributed by atoms with Crippen LogP contribution in [0.25, 0.3) is 27.6 Å². The zero-order chi connectivity index (χ0) is 20.8. The van der Waals surface area contributed by atoms with Crippen molar-refractivity contribution >= 4 is 33.4 Å². The lowest BCUT2D eigenvalue weighted by molar-refractivity contribution is 0.0972.